The van der Waals surface area contributed by atoms with E-state index >= 15 is 0 Å². The summed E-state index contributed by atoms with van der Waals surface area (Å²) in [6.45, 7) is 0.583. The van der Waals surface area contributed by atoms with Crippen molar-refractivity contribution in [2.45, 2.75) is 25.4 Å². The van der Waals surface area contributed by atoms with Gasteiger partial charge in [0.1, 0.15) is 5.69 Å². The van der Waals surface area contributed by atoms with E-state index in [2.05, 4.69) is 4.98 Å². The van der Waals surface area contributed by atoms with Crippen LogP contribution in [-0.2, 0) is 22.2 Å². The van der Waals surface area contributed by atoms with Gasteiger partial charge in [0.15, 0.2) is 0 Å². The van der Waals surface area contributed by atoms with Crippen molar-refractivity contribution < 1.29 is 22.8 Å². The zero-order valence-corrected chi connectivity index (χ0v) is 11.8. The van der Waals surface area contributed by atoms with Crippen molar-refractivity contribution in [1.29, 1.82) is 0 Å². The number of nitrogens with two attached hydrogens (primary N) is 1. The summed E-state index contributed by atoms with van der Waals surface area (Å²) in [6.07, 6.45) is -2.75. The predicted molar refractivity (Wildman–Crippen MR) is 71.4 cm³/mol. The second kappa shape index (κ2) is 6.33. The molecule has 1 atom stereocenters. The van der Waals surface area contributed by atoms with E-state index in [1.807, 2.05) is 0 Å². The Bertz CT molecular complexity index is 575. The van der Waals surface area contributed by atoms with E-state index in [4.69, 9.17) is 5.73 Å². The van der Waals surface area contributed by atoms with Gasteiger partial charge < -0.3 is 10.6 Å². The molecule has 2 rings (SSSR count). The first-order chi connectivity index (χ1) is 10.3. The number of halogens is 3. The van der Waals surface area contributed by atoms with Gasteiger partial charge in [0.05, 0.1) is 12.3 Å². The Morgan fingerprint density at radius 2 is 2.14 bits per heavy atom. The fourth-order valence-corrected chi connectivity index (χ4v) is 2.55. The molecule has 120 valence electrons. The van der Waals surface area contributed by atoms with Gasteiger partial charge in [-0.2, -0.15) is 13.2 Å². The first-order valence-corrected chi connectivity index (χ1v) is 6.87. The standard InChI is InChI=1S/C14H16F3N3O2/c15-14(16,17)12-9(3-1-5-19-12)7-11(21)20-6-2-4-10(8-20)13(18)22/h1,3,5,10H,2,4,6-8H2,(H2,18,22)/t10-/m0/s1. The molecule has 1 fully saturated rings. The largest absolute Gasteiger partial charge is 0.433 e. The minimum atomic E-state index is -4.60. The number of rotatable bonds is 3. The molecule has 1 aliphatic heterocycles. The predicted octanol–water partition coefficient (Wildman–Crippen LogP) is 1.37. The van der Waals surface area contributed by atoms with E-state index in [1.54, 1.807) is 0 Å². The third-order valence-corrected chi connectivity index (χ3v) is 3.68. The zero-order chi connectivity index (χ0) is 16.3. The zero-order valence-electron chi connectivity index (χ0n) is 11.8. The fraction of sp³-hybridized carbons (Fsp3) is 0.500. The third kappa shape index (κ3) is 3.75. The van der Waals surface area contributed by atoms with Crippen LogP contribution in [0.25, 0.3) is 0 Å². The van der Waals surface area contributed by atoms with Crippen LogP contribution in [0.15, 0.2) is 18.3 Å². The van der Waals surface area contributed by atoms with Crippen LogP contribution in [-0.4, -0.2) is 34.8 Å². The number of hydrogen-bond donors (Lipinski definition) is 1. The van der Waals surface area contributed by atoms with Crippen molar-refractivity contribution in [3.05, 3.63) is 29.6 Å². The molecule has 5 nitrogen and oxygen atoms in total. The Morgan fingerprint density at radius 3 is 2.77 bits per heavy atom. The Hall–Kier alpha value is -2.12. The summed E-state index contributed by atoms with van der Waals surface area (Å²) in [6, 6.07) is 2.60. The molecule has 0 bridgehead atoms. The van der Waals surface area contributed by atoms with Crippen LogP contribution in [0.4, 0.5) is 13.2 Å². The third-order valence-electron chi connectivity index (χ3n) is 3.68. The molecule has 0 spiro atoms. The van der Waals surface area contributed by atoms with Crippen molar-refractivity contribution >= 4 is 11.8 Å². The summed E-state index contributed by atoms with van der Waals surface area (Å²) in [7, 11) is 0. The van der Waals surface area contributed by atoms with Crippen LogP contribution < -0.4 is 5.73 Å². The summed E-state index contributed by atoms with van der Waals surface area (Å²) in [5, 5.41) is 0. The van der Waals surface area contributed by atoms with Crippen molar-refractivity contribution in [2.75, 3.05) is 13.1 Å². The Balaban J connectivity index is 2.11. The van der Waals surface area contributed by atoms with Crippen molar-refractivity contribution in [3.63, 3.8) is 0 Å². The monoisotopic (exact) mass is 315 g/mol. The number of hydrogen-bond acceptors (Lipinski definition) is 3. The smallest absolute Gasteiger partial charge is 0.369 e. The highest BCUT2D eigenvalue weighted by atomic mass is 19.4. The average Bonchev–Trinajstić information content (AvgIpc) is 2.46. The molecule has 1 aromatic heterocycles. The maximum atomic E-state index is 12.9. The van der Waals surface area contributed by atoms with Gasteiger partial charge in [0.2, 0.25) is 11.8 Å². The van der Waals surface area contributed by atoms with Gasteiger partial charge in [-0.15, -0.1) is 0 Å². The second-order valence-electron chi connectivity index (χ2n) is 5.27. The van der Waals surface area contributed by atoms with Crippen LogP contribution in [0.3, 0.4) is 0 Å². The highest BCUT2D eigenvalue weighted by Gasteiger charge is 2.36. The number of carbonyl (C=O) groups is 2. The summed E-state index contributed by atoms with van der Waals surface area (Å²) in [5.41, 5.74) is 4.01. The summed E-state index contributed by atoms with van der Waals surface area (Å²) < 4.78 is 38.6. The van der Waals surface area contributed by atoms with Crippen LogP contribution in [0, 0.1) is 5.92 Å². The molecule has 0 aliphatic carbocycles. The van der Waals surface area contributed by atoms with Crippen molar-refractivity contribution in [2.24, 2.45) is 11.7 Å². The number of nitrogens with zero attached hydrogens (tertiary/aromatic N) is 2. The molecule has 1 aromatic rings. The molecule has 0 aromatic carbocycles. The van der Waals surface area contributed by atoms with Crippen LogP contribution in [0.1, 0.15) is 24.1 Å². The van der Waals surface area contributed by atoms with Crippen molar-refractivity contribution in [1.82, 2.24) is 9.88 Å². The number of alkyl halides is 3. The Morgan fingerprint density at radius 1 is 1.41 bits per heavy atom. The molecule has 0 unspecified atom stereocenters. The Kier molecular flexibility index (Phi) is 4.68. The van der Waals surface area contributed by atoms with E-state index < -0.39 is 36.0 Å². The normalized spacial score (nSPS) is 19.0. The molecule has 22 heavy (non-hydrogen) atoms. The minimum Gasteiger partial charge on any atom is -0.369 e. The maximum Gasteiger partial charge on any atom is 0.433 e. The first kappa shape index (κ1) is 16.3. The number of likely N-dealkylation sites (tertiary alicyclic amines) is 1. The highest BCUT2D eigenvalue weighted by Crippen LogP contribution is 2.30. The second-order valence-corrected chi connectivity index (χ2v) is 5.27. The molecule has 2 N–H and O–H groups in total. The number of carbonyl (C=O) groups excluding carboxylic acids is 2. The lowest BCUT2D eigenvalue weighted by Gasteiger charge is -2.31. The summed E-state index contributed by atoms with van der Waals surface area (Å²) in [5.74, 6) is -1.38. The SMILES string of the molecule is NC(=O)[C@H]1CCCN(C(=O)Cc2cccnc2C(F)(F)F)C1. The van der Waals surface area contributed by atoms with E-state index in [-0.39, 0.29) is 12.1 Å². The molecular formula is C14H16F3N3O2. The van der Waals surface area contributed by atoms with Crippen LogP contribution in [0.2, 0.25) is 0 Å². The lowest BCUT2D eigenvalue weighted by atomic mass is 9.97. The van der Waals surface area contributed by atoms with E-state index in [0.717, 1.165) is 6.20 Å². The van der Waals surface area contributed by atoms with Gasteiger partial charge in [-0.25, -0.2) is 0 Å². The topological polar surface area (TPSA) is 76.3 Å². The van der Waals surface area contributed by atoms with Crippen LogP contribution >= 0.6 is 0 Å². The number of amides is 2. The Labute approximate surface area is 125 Å². The molecular weight excluding hydrogens is 299 g/mol. The van der Waals surface area contributed by atoms with E-state index in [0.29, 0.717) is 19.4 Å². The van der Waals surface area contributed by atoms with E-state index in [9.17, 15) is 22.8 Å². The molecule has 0 saturated carbocycles. The molecule has 2 heterocycles. The average molecular weight is 315 g/mol. The lowest BCUT2D eigenvalue weighted by molar-refractivity contribution is -0.142. The molecule has 1 aliphatic rings. The van der Waals surface area contributed by atoms with Crippen LogP contribution in [0.5, 0.6) is 0 Å². The van der Waals surface area contributed by atoms with E-state index in [1.165, 1.54) is 17.0 Å². The number of primary amides is 1. The molecule has 1 saturated heterocycles. The first-order valence-electron chi connectivity index (χ1n) is 6.87. The number of aromatic nitrogens is 1. The lowest BCUT2D eigenvalue weighted by Crippen LogP contribution is -2.44. The minimum absolute atomic E-state index is 0.162. The van der Waals surface area contributed by atoms with Gasteiger partial charge in [-0.1, -0.05) is 6.07 Å². The highest BCUT2D eigenvalue weighted by molar-refractivity contribution is 5.81. The molecule has 8 heteroatoms. The molecule has 0 radical (unpaired) electrons. The van der Waals surface area contributed by atoms with Crippen molar-refractivity contribution in [3.8, 4) is 0 Å². The van der Waals surface area contributed by atoms with Gasteiger partial charge in [-0.3, -0.25) is 14.6 Å². The van der Waals surface area contributed by atoms with Gasteiger partial charge in [0, 0.05) is 19.3 Å². The number of pyridine rings is 1. The van der Waals surface area contributed by atoms with Gasteiger partial charge in [-0.05, 0) is 24.5 Å². The number of piperidine rings is 1. The van der Waals surface area contributed by atoms with Gasteiger partial charge >= 0.3 is 6.18 Å². The molecule has 2 amide bonds. The quantitative estimate of drug-likeness (QED) is 0.915. The maximum absolute atomic E-state index is 12.9. The van der Waals surface area contributed by atoms with Gasteiger partial charge in [0.25, 0.3) is 0 Å². The summed E-state index contributed by atoms with van der Waals surface area (Å²) in [4.78, 5) is 28.1. The fourth-order valence-electron chi connectivity index (χ4n) is 2.55. The summed E-state index contributed by atoms with van der Waals surface area (Å²) >= 11 is 0.